The Bertz CT molecular complexity index is 233. The van der Waals surface area contributed by atoms with Gasteiger partial charge in [-0.25, -0.2) is 0 Å². The molecule has 0 aromatic heterocycles. The summed E-state index contributed by atoms with van der Waals surface area (Å²) in [6, 6.07) is 0.113. The van der Waals surface area contributed by atoms with E-state index in [9.17, 15) is 9.90 Å². The van der Waals surface area contributed by atoms with Gasteiger partial charge >= 0.3 is 5.97 Å². The van der Waals surface area contributed by atoms with Gasteiger partial charge in [-0.1, -0.05) is 20.3 Å². The lowest BCUT2D eigenvalue weighted by Crippen LogP contribution is -2.48. The van der Waals surface area contributed by atoms with Crippen LogP contribution in [-0.4, -0.2) is 48.3 Å². The van der Waals surface area contributed by atoms with E-state index >= 15 is 0 Å². The number of carbonyl (C=O) groups excluding carboxylic acids is 1. The molecular formula is C13H25NO3. The largest absolute Gasteiger partial charge is 0.465 e. The molecule has 100 valence electrons. The highest BCUT2D eigenvalue weighted by molar-refractivity contribution is 5.71. The molecule has 0 bridgehead atoms. The SMILES string of the molecule is CCCCOC(=O)CN1CCCC(C)C1CO. The number of piperidine rings is 1. The van der Waals surface area contributed by atoms with Gasteiger partial charge in [0, 0.05) is 6.04 Å². The molecule has 1 heterocycles. The van der Waals surface area contributed by atoms with Gasteiger partial charge in [0.1, 0.15) is 0 Å². The van der Waals surface area contributed by atoms with Crippen molar-refractivity contribution in [3.05, 3.63) is 0 Å². The second kappa shape index (κ2) is 7.67. The van der Waals surface area contributed by atoms with Crippen LogP contribution in [0.4, 0.5) is 0 Å². The Hall–Kier alpha value is -0.610. The predicted molar refractivity (Wildman–Crippen MR) is 66.7 cm³/mol. The highest BCUT2D eigenvalue weighted by atomic mass is 16.5. The summed E-state index contributed by atoms with van der Waals surface area (Å²) in [5.41, 5.74) is 0. The average Bonchev–Trinajstić information content (AvgIpc) is 2.29. The number of hydrogen-bond donors (Lipinski definition) is 1. The fourth-order valence-electron chi connectivity index (χ4n) is 2.37. The second-order valence-electron chi connectivity index (χ2n) is 4.91. The number of carbonyl (C=O) groups is 1. The Kier molecular flexibility index (Phi) is 6.52. The van der Waals surface area contributed by atoms with Crippen molar-refractivity contribution < 1.29 is 14.6 Å². The molecule has 2 atom stereocenters. The van der Waals surface area contributed by atoms with Crippen molar-refractivity contribution in [3.8, 4) is 0 Å². The molecular weight excluding hydrogens is 218 g/mol. The van der Waals surface area contributed by atoms with Crippen LogP contribution in [-0.2, 0) is 9.53 Å². The van der Waals surface area contributed by atoms with Crippen molar-refractivity contribution in [1.82, 2.24) is 4.90 Å². The lowest BCUT2D eigenvalue weighted by molar-refractivity contribution is -0.146. The van der Waals surface area contributed by atoms with Crippen LogP contribution in [0.1, 0.15) is 39.5 Å². The second-order valence-corrected chi connectivity index (χ2v) is 4.91. The van der Waals surface area contributed by atoms with Crippen LogP contribution in [0.15, 0.2) is 0 Å². The third-order valence-corrected chi connectivity index (χ3v) is 3.51. The summed E-state index contributed by atoms with van der Waals surface area (Å²) in [6.07, 6.45) is 4.19. The van der Waals surface area contributed by atoms with Crippen LogP contribution in [0, 0.1) is 5.92 Å². The lowest BCUT2D eigenvalue weighted by Gasteiger charge is -2.38. The van der Waals surface area contributed by atoms with Crippen LogP contribution in [0.25, 0.3) is 0 Å². The van der Waals surface area contributed by atoms with E-state index in [0.29, 0.717) is 19.1 Å². The van der Waals surface area contributed by atoms with Crippen molar-refractivity contribution in [2.24, 2.45) is 5.92 Å². The van der Waals surface area contributed by atoms with Crippen LogP contribution in [0.2, 0.25) is 0 Å². The van der Waals surface area contributed by atoms with Crippen molar-refractivity contribution in [1.29, 1.82) is 0 Å². The molecule has 0 radical (unpaired) electrons. The van der Waals surface area contributed by atoms with Crippen LogP contribution < -0.4 is 0 Å². The molecule has 1 fully saturated rings. The number of rotatable bonds is 6. The first-order valence-corrected chi connectivity index (χ1v) is 6.69. The topological polar surface area (TPSA) is 49.8 Å². The maximum atomic E-state index is 11.6. The van der Waals surface area contributed by atoms with Gasteiger partial charge in [0.05, 0.1) is 19.8 Å². The Balaban J connectivity index is 2.35. The number of unbranched alkanes of at least 4 members (excludes halogenated alkanes) is 1. The predicted octanol–water partition coefficient (Wildman–Crippen LogP) is 1.42. The molecule has 1 aliphatic rings. The van der Waals surface area contributed by atoms with Gasteiger partial charge in [-0.05, 0) is 31.7 Å². The Morgan fingerprint density at radius 2 is 2.29 bits per heavy atom. The van der Waals surface area contributed by atoms with E-state index in [1.54, 1.807) is 0 Å². The van der Waals surface area contributed by atoms with Crippen molar-refractivity contribution >= 4 is 5.97 Å². The molecule has 1 rings (SSSR count). The van der Waals surface area contributed by atoms with Crippen LogP contribution in [0.3, 0.4) is 0 Å². The normalized spacial score (nSPS) is 25.8. The van der Waals surface area contributed by atoms with Crippen LogP contribution >= 0.6 is 0 Å². The summed E-state index contributed by atoms with van der Waals surface area (Å²) in [5.74, 6) is 0.295. The molecule has 2 unspecified atom stereocenters. The van der Waals surface area contributed by atoms with Gasteiger partial charge in [0.2, 0.25) is 0 Å². The van der Waals surface area contributed by atoms with E-state index in [-0.39, 0.29) is 18.6 Å². The first-order chi connectivity index (χ1) is 8.19. The summed E-state index contributed by atoms with van der Waals surface area (Å²) < 4.78 is 5.15. The molecule has 1 N–H and O–H groups in total. The number of hydrogen-bond acceptors (Lipinski definition) is 4. The molecule has 0 amide bonds. The molecule has 4 heteroatoms. The fourth-order valence-corrected chi connectivity index (χ4v) is 2.37. The van der Waals surface area contributed by atoms with Gasteiger partial charge in [-0.3, -0.25) is 9.69 Å². The molecule has 0 aliphatic carbocycles. The average molecular weight is 243 g/mol. The third kappa shape index (κ3) is 4.64. The number of nitrogens with zero attached hydrogens (tertiary/aromatic N) is 1. The zero-order chi connectivity index (χ0) is 12.7. The van der Waals surface area contributed by atoms with Gasteiger partial charge in [0.15, 0.2) is 0 Å². The Morgan fingerprint density at radius 1 is 1.53 bits per heavy atom. The number of ether oxygens (including phenoxy) is 1. The van der Waals surface area contributed by atoms with E-state index in [4.69, 9.17) is 4.74 Å². The molecule has 4 nitrogen and oxygen atoms in total. The van der Waals surface area contributed by atoms with Gasteiger partial charge in [-0.15, -0.1) is 0 Å². The van der Waals surface area contributed by atoms with Crippen molar-refractivity contribution in [2.45, 2.75) is 45.6 Å². The zero-order valence-electron chi connectivity index (χ0n) is 11.0. The minimum Gasteiger partial charge on any atom is -0.465 e. The maximum absolute atomic E-state index is 11.6. The number of aliphatic hydroxyl groups is 1. The van der Waals surface area contributed by atoms with E-state index in [1.807, 2.05) is 0 Å². The third-order valence-electron chi connectivity index (χ3n) is 3.51. The Morgan fingerprint density at radius 3 is 2.94 bits per heavy atom. The van der Waals surface area contributed by atoms with E-state index in [2.05, 4.69) is 18.7 Å². The molecule has 0 aromatic rings. The van der Waals surface area contributed by atoms with E-state index < -0.39 is 0 Å². The molecule has 0 saturated carbocycles. The van der Waals surface area contributed by atoms with Crippen molar-refractivity contribution in [2.75, 3.05) is 26.3 Å². The first kappa shape index (κ1) is 14.5. The van der Waals surface area contributed by atoms with Gasteiger partial charge in [0.25, 0.3) is 0 Å². The molecule has 0 aromatic carbocycles. The van der Waals surface area contributed by atoms with Crippen molar-refractivity contribution in [3.63, 3.8) is 0 Å². The zero-order valence-corrected chi connectivity index (χ0v) is 11.0. The summed E-state index contributed by atoms with van der Waals surface area (Å²) in [4.78, 5) is 13.7. The lowest BCUT2D eigenvalue weighted by atomic mass is 9.91. The molecule has 0 spiro atoms. The smallest absolute Gasteiger partial charge is 0.320 e. The summed E-state index contributed by atoms with van der Waals surface area (Å²) in [6.45, 7) is 6.06. The number of esters is 1. The quantitative estimate of drug-likeness (QED) is 0.566. The summed E-state index contributed by atoms with van der Waals surface area (Å²) in [5, 5.41) is 9.37. The monoisotopic (exact) mass is 243 g/mol. The summed E-state index contributed by atoms with van der Waals surface area (Å²) >= 11 is 0. The highest BCUT2D eigenvalue weighted by Gasteiger charge is 2.29. The minimum atomic E-state index is -0.161. The minimum absolute atomic E-state index is 0.113. The first-order valence-electron chi connectivity index (χ1n) is 6.69. The van der Waals surface area contributed by atoms with Crippen LogP contribution in [0.5, 0.6) is 0 Å². The van der Waals surface area contributed by atoms with E-state index in [1.165, 1.54) is 0 Å². The molecule has 17 heavy (non-hydrogen) atoms. The standard InChI is InChI=1S/C13H25NO3/c1-3-4-8-17-13(16)9-14-7-5-6-11(2)12(14)10-15/h11-12,15H,3-10H2,1-2H3. The van der Waals surface area contributed by atoms with Gasteiger partial charge < -0.3 is 9.84 Å². The van der Waals surface area contributed by atoms with Gasteiger partial charge in [-0.2, -0.15) is 0 Å². The fraction of sp³-hybridized carbons (Fsp3) is 0.923. The number of aliphatic hydroxyl groups excluding tert-OH is 1. The van der Waals surface area contributed by atoms with E-state index in [0.717, 1.165) is 32.2 Å². The Labute approximate surface area is 104 Å². The molecule has 1 saturated heterocycles. The maximum Gasteiger partial charge on any atom is 0.320 e. The number of likely N-dealkylation sites (tertiary alicyclic amines) is 1. The molecule has 1 aliphatic heterocycles. The summed E-state index contributed by atoms with van der Waals surface area (Å²) in [7, 11) is 0. The highest BCUT2D eigenvalue weighted by Crippen LogP contribution is 2.22.